The molecule has 0 aliphatic carbocycles. The van der Waals surface area contributed by atoms with Gasteiger partial charge in [0, 0.05) is 0 Å². The molecule has 1 aromatic rings. The van der Waals surface area contributed by atoms with Gasteiger partial charge in [-0.3, -0.25) is 4.79 Å². The zero-order valence-corrected chi connectivity index (χ0v) is 9.66. The van der Waals surface area contributed by atoms with E-state index in [1.807, 2.05) is 12.1 Å². The second-order valence-corrected chi connectivity index (χ2v) is 4.11. The lowest BCUT2D eigenvalue weighted by Gasteiger charge is -2.25. The summed E-state index contributed by atoms with van der Waals surface area (Å²) in [7, 11) is 1.72. The molecule has 0 spiro atoms. The minimum atomic E-state index is -0.683. The standard InChI is InChI=1S/C12H18N2O2/c1-12(14-2,11(13)16)8-7-9-3-5-10(15)6-4-9/h3-6,14-15H,7-8H2,1-2H3,(H2,13,16). The van der Waals surface area contributed by atoms with E-state index >= 15 is 0 Å². The maximum Gasteiger partial charge on any atom is 0.237 e. The molecule has 0 aromatic heterocycles. The number of phenols is 1. The number of phenolic OH excluding ortho intramolecular Hbond substituents is 1. The fourth-order valence-corrected chi connectivity index (χ4v) is 1.43. The topological polar surface area (TPSA) is 75.3 Å². The third-order valence-electron chi connectivity index (χ3n) is 2.95. The van der Waals surface area contributed by atoms with Crippen molar-refractivity contribution in [3.05, 3.63) is 29.8 Å². The molecule has 0 heterocycles. The van der Waals surface area contributed by atoms with Crippen molar-refractivity contribution in [3.63, 3.8) is 0 Å². The zero-order valence-electron chi connectivity index (χ0n) is 9.66. The first-order valence-electron chi connectivity index (χ1n) is 5.24. The average Bonchev–Trinajstić information content (AvgIpc) is 2.27. The highest BCUT2D eigenvalue weighted by Gasteiger charge is 2.28. The van der Waals surface area contributed by atoms with Gasteiger partial charge in [-0.15, -0.1) is 0 Å². The Kier molecular flexibility index (Phi) is 3.90. The molecule has 4 heteroatoms. The van der Waals surface area contributed by atoms with Gasteiger partial charge in [0.25, 0.3) is 0 Å². The lowest BCUT2D eigenvalue weighted by molar-refractivity contribution is -0.123. The van der Waals surface area contributed by atoms with Gasteiger partial charge in [0.1, 0.15) is 5.75 Å². The van der Waals surface area contributed by atoms with Crippen LogP contribution in [0, 0.1) is 0 Å². The van der Waals surface area contributed by atoms with Crippen molar-refractivity contribution < 1.29 is 9.90 Å². The second-order valence-electron chi connectivity index (χ2n) is 4.11. The van der Waals surface area contributed by atoms with Crippen LogP contribution in [-0.2, 0) is 11.2 Å². The number of carbonyl (C=O) groups is 1. The fraction of sp³-hybridized carbons (Fsp3) is 0.417. The number of benzene rings is 1. The molecule has 16 heavy (non-hydrogen) atoms. The van der Waals surface area contributed by atoms with Crippen molar-refractivity contribution in [1.29, 1.82) is 0 Å². The summed E-state index contributed by atoms with van der Waals surface area (Å²) in [5.41, 5.74) is 5.72. The Morgan fingerprint density at radius 3 is 2.44 bits per heavy atom. The molecule has 0 radical (unpaired) electrons. The summed E-state index contributed by atoms with van der Waals surface area (Å²) < 4.78 is 0. The number of hydrogen-bond acceptors (Lipinski definition) is 3. The minimum absolute atomic E-state index is 0.245. The summed E-state index contributed by atoms with van der Waals surface area (Å²) in [6, 6.07) is 6.95. The maximum atomic E-state index is 11.2. The Balaban J connectivity index is 2.63. The molecular formula is C12H18N2O2. The fourth-order valence-electron chi connectivity index (χ4n) is 1.43. The third kappa shape index (κ3) is 2.97. The van der Waals surface area contributed by atoms with Gasteiger partial charge in [-0.1, -0.05) is 12.1 Å². The number of carbonyl (C=O) groups excluding carboxylic acids is 1. The molecule has 0 saturated carbocycles. The molecule has 88 valence electrons. The van der Waals surface area contributed by atoms with Gasteiger partial charge in [0.2, 0.25) is 5.91 Å². The molecule has 1 atom stereocenters. The highest BCUT2D eigenvalue weighted by molar-refractivity contribution is 5.84. The van der Waals surface area contributed by atoms with Gasteiger partial charge in [-0.2, -0.15) is 0 Å². The van der Waals surface area contributed by atoms with Crippen molar-refractivity contribution in [2.45, 2.75) is 25.3 Å². The number of rotatable bonds is 5. The third-order valence-corrected chi connectivity index (χ3v) is 2.95. The predicted molar refractivity (Wildman–Crippen MR) is 63.1 cm³/mol. The molecule has 0 aliphatic rings. The first-order valence-corrected chi connectivity index (χ1v) is 5.24. The summed E-state index contributed by atoms with van der Waals surface area (Å²) in [5, 5.41) is 12.1. The second kappa shape index (κ2) is 4.99. The van der Waals surface area contributed by atoms with Crippen LogP contribution >= 0.6 is 0 Å². The van der Waals surface area contributed by atoms with Crippen LogP contribution in [0.1, 0.15) is 18.9 Å². The minimum Gasteiger partial charge on any atom is -0.508 e. The molecular weight excluding hydrogens is 204 g/mol. The van der Waals surface area contributed by atoms with E-state index in [0.717, 1.165) is 12.0 Å². The van der Waals surface area contributed by atoms with Gasteiger partial charge in [-0.05, 0) is 44.5 Å². The van der Waals surface area contributed by atoms with Crippen LogP contribution in [0.3, 0.4) is 0 Å². The van der Waals surface area contributed by atoms with Crippen molar-refractivity contribution in [2.24, 2.45) is 5.73 Å². The quantitative estimate of drug-likeness (QED) is 0.689. The number of hydrogen-bond donors (Lipinski definition) is 3. The SMILES string of the molecule is CNC(C)(CCc1ccc(O)cc1)C(N)=O. The number of aromatic hydroxyl groups is 1. The Labute approximate surface area is 95.5 Å². The normalized spacial score (nSPS) is 14.4. The van der Waals surface area contributed by atoms with Crippen LogP contribution in [0.5, 0.6) is 5.75 Å². The van der Waals surface area contributed by atoms with Crippen LogP contribution in [0.4, 0.5) is 0 Å². The van der Waals surface area contributed by atoms with Crippen molar-refractivity contribution in [1.82, 2.24) is 5.32 Å². The van der Waals surface area contributed by atoms with E-state index < -0.39 is 5.54 Å². The summed E-state index contributed by atoms with van der Waals surface area (Å²) >= 11 is 0. The zero-order chi connectivity index (χ0) is 12.2. The molecule has 0 fully saturated rings. The van der Waals surface area contributed by atoms with E-state index in [9.17, 15) is 4.79 Å². The molecule has 4 nitrogen and oxygen atoms in total. The maximum absolute atomic E-state index is 11.2. The number of likely N-dealkylation sites (N-methyl/N-ethyl adjacent to an activating group) is 1. The predicted octanol–water partition coefficient (Wildman–Crippen LogP) is 0.788. The monoisotopic (exact) mass is 222 g/mol. The van der Waals surface area contributed by atoms with Gasteiger partial charge in [0.05, 0.1) is 5.54 Å². The Morgan fingerprint density at radius 2 is 2.00 bits per heavy atom. The van der Waals surface area contributed by atoms with E-state index in [1.165, 1.54) is 0 Å². The lowest BCUT2D eigenvalue weighted by Crippen LogP contribution is -2.51. The number of amides is 1. The van der Waals surface area contributed by atoms with Gasteiger partial charge in [-0.25, -0.2) is 0 Å². The van der Waals surface area contributed by atoms with Gasteiger partial charge in [0.15, 0.2) is 0 Å². The first-order chi connectivity index (χ1) is 7.48. The van der Waals surface area contributed by atoms with Crippen molar-refractivity contribution in [2.75, 3.05) is 7.05 Å². The first kappa shape index (κ1) is 12.5. The molecule has 4 N–H and O–H groups in total. The molecule has 1 unspecified atom stereocenters. The van der Waals surface area contributed by atoms with E-state index in [4.69, 9.17) is 10.8 Å². The molecule has 1 rings (SSSR count). The van der Waals surface area contributed by atoms with Crippen LogP contribution in [-0.4, -0.2) is 23.6 Å². The molecule has 0 saturated heterocycles. The van der Waals surface area contributed by atoms with Crippen molar-refractivity contribution >= 4 is 5.91 Å². The molecule has 0 bridgehead atoms. The lowest BCUT2D eigenvalue weighted by atomic mass is 9.93. The smallest absolute Gasteiger partial charge is 0.237 e. The summed E-state index contributed by atoms with van der Waals surface area (Å²) in [5.74, 6) is -0.108. The number of nitrogens with two attached hydrogens (primary N) is 1. The van der Waals surface area contributed by atoms with Gasteiger partial charge < -0.3 is 16.2 Å². The largest absolute Gasteiger partial charge is 0.508 e. The highest BCUT2D eigenvalue weighted by atomic mass is 16.3. The van der Waals surface area contributed by atoms with Gasteiger partial charge >= 0.3 is 0 Å². The number of primary amides is 1. The van der Waals surface area contributed by atoms with Crippen molar-refractivity contribution in [3.8, 4) is 5.75 Å². The average molecular weight is 222 g/mol. The van der Waals surface area contributed by atoms with E-state index in [-0.39, 0.29) is 11.7 Å². The van der Waals surface area contributed by atoms with E-state index in [2.05, 4.69) is 5.32 Å². The van der Waals surface area contributed by atoms with Crippen LogP contribution in [0.25, 0.3) is 0 Å². The van der Waals surface area contributed by atoms with E-state index in [0.29, 0.717) is 6.42 Å². The molecule has 1 aromatic carbocycles. The Morgan fingerprint density at radius 1 is 1.44 bits per heavy atom. The van der Waals surface area contributed by atoms with E-state index in [1.54, 1.807) is 26.1 Å². The number of nitrogens with one attached hydrogen (secondary N) is 1. The molecule has 1 amide bonds. The summed E-state index contributed by atoms with van der Waals surface area (Å²) in [6.45, 7) is 1.79. The Bertz CT molecular complexity index is 362. The Hall–Kier alpha value is -1.55. The van der Waals surface area contributed by atoms with Crippen LogP contribution in [0.2, 0.25) is 0 Å². The summed E-state index contributed by atoms with van der Waals surface area (Å²) in [6.07, 6.45) is 1.37. The van der Waals surface area contributed by atoms with Crippen LogP contribution < -0.4 is 11.1 Å². The summed E-state index contributed by atoms with van der Waals surface area (Å²) in [4.78, 5) is 11.2. The number of aryl methyl sites for hydroxylation is 1. The molecule has 0 aliphatic heterocycles. The highest BCUT2D eigenvalue weighted by Crippen LogP contribution is 2.16. The van der Waals surface area contributed by atoms with Crippen LogP contribution in [0.15, 0.2) is 24.3 Å².